The lowest BCUT2D eigenvalue weighted by molar-refractivity contribution is 0.311. The lowest BCUT2D eigenvalue weighted by Gasteiger charge is -2.12. The zero-order valence-electron chi connectivity index (χ0n) is 11.2. The average molecular weight is 277 g/mol. The Morgan fingerprint density at radius 3 is 2.74 bits per heavy atom. The summed E-state index contributed by atoms with van der Waals surface area (Å²) < 4.78 is 5.24. The van der Waals surface area contributed by atoms with Gasteiger partial charge in [0.25, 0.3) is 0 Å². The highest BCUT2D eigenvalue weighted by Crippen LogP contribution is 2.23. The number of nitrogens with zero attached hydrogens (tertiary/aromatic N) is 2. The lowest BCUT2D eigenvalue weighted by atomic mass is 10.0. The number of rotatable bonds is 6. The fourth-order valence-corrected chi connectivity index (χ4v) is 2.39. The number of nitrogens with two attached hydrogens (primary N) is 1. The monoisotopic (exact) mass is 277 g/mol. The second-order valence-electron chi connectivity index (χ2n) is 4.56. The molecule has 0 saturated carbocycles. The van der Waals surface area contributed by atoms with Crippen LogP contribution in [-0.2, 0) is 5.75 Å². The molecular formula is C14H19N3OS. The van der Waals surface area contributed by atoms with Gasteiger partial charge in [-0.15, -0.1) is 11.8 Å². The van der Waals surface area contributed by atoms with Crippen molar-refractivity contribution < 1.29 is 4.52 Å². The molecule has 0 spiro atoms. The summed E-state index contributed by atoms with van der Waals surface area (Å²) in [6, 6.07) is 9.99. The molecule has 4 nitrogen and oxygen atoms in total. The summed E-state index contributed by atoms with van der Waals surface area (Å²) in [7, 11) is 0. The van der Waals surface area contributed by atoms with Gasteiger partial charge in [-0.3, -0.25) is 0 Å². The van der Waals surface area contributed by atoms with Gasteiger partial charge >= 0.3 is 0 Å². The molecule has 1 aromatic carbocycles. The zero-order chi connectivity index (χ0) is 13.7. The Balaban J connectivity index is 1.94. The predicted molar refractivity (Wildman–Crippen MR) is 76.7 cm³/mol. The lowest BCUT2D eigenvalue weighted by Crippen LogP contribution is -2.18. The quantitative estimate of drug-likeness (QED) is 0.820. The van der Waals surface area contributed by atoms with E-state index in [4.69, 9.17) is 10.3 Å². The van der Waals surface area contributed by atoms with Gasteiger partial charge in [0, 0.05) is 4.90 Å². The van der Waals surface area contributed by atoms with Crippen LogP contribution >= 0.6 is 11.8 Å². The van der Waals surface area contributed by atoms with Crippen molar-refractivity contribution in [2.24, 2.45) is 11.7 Å². The highest BCUT2D eigenvalue weighted by Gasteiger charge is 2.19. The molecule has 0 radical (unpaired) electrons. The standard InChI is InChI=1S/C14H19N3OS/c1-3-10(2)13(15)14-16-12(17-18-14)9-19-11-7-5-4-6-8-11/h4-8,10,13H,3,9,15H2,1-2H3/t10?,13-/m0/s1. The summed E-state index contributed by atoms with van der Waals surface area (Å²) in [4.78, 5) is 5.57. The minimum absolute atomic E-state index is 0.173. The van der Waals surface area contributed by atoms with Crippen LogP contribution in [0, 0.1) is 5.92 Å². The van der Waals surface area contributed by atoms with E-state index in [1.54, 1.807) is 11.8 Å². The summed E-state index contributed by atoms with van der Waals surface area (Å²) >= 11 is 1.69. The third kappa shape index (κ3) is 3.81. The van der Waals surface area contributed by atoms with Gasteiger partial charge in [0.05, 0.1) is 11.8 Å². The van der Waals surface area contributed by atoms with Crippen LogP contribution < -0.4 is 5.73 Å². The third-order valence-electron chi connectivity index (χ3n) is 3.14. The summed E-state index contributed by atoms with van der Waals surface area (Å²) in [5, 5.41) is 3.98. The molecule has 102 valence electrons. The number of hydrogen-bond acceptors (Lipinski definition) is 5. The first kappa shape index (κ1) is 14.1. The molecule has 1 aromatic heterocycles. The SMILES string of the molecule is CCC(C)[C@H](N)c1nc(CSc2ccccc2)no1. The van der Waals surface area contributed by atoms with Gasteiger partial charge in [-0.1, -0.05) is 43.6 Å². The van der Waals surface area contributed by atoms with Crippen molar-refractivity contribution in [2.45, 2.75) is 37.0 Å². The maximum atomic E-state index is 6.07. The van der Waals surface area contributed by atoms with Crippen LogP contribution in [0.3, 0.4) is 0 Å². The fourth-order valence-electron chi connectivity index (χ4n) is 1.62. The van der Waals surface area contributed by atoms with Crippen molar-refractivity contribution in [3.8, 4) is 0 Å². The Labute approximate surface area is 117 Å². The molecule has 2 rings (SSSR count). The zero-order valence-corrected chi connectivity index (χ0v) is 12.1. The minimum atomic E-state index is -0.173. The molecule has 0 aliphatic rings. The van der Waals surface area contributed by atoms with E-state index in [1.807, 2.05) is 18.2 Å². The van der Waals surface area contributed by atoms with E-state index in [1.165, 1.54) is 4.90 Å². The largest absolute Gasteiger partial charge is 0.338 e. The number of aromatic nitrogens is 2. The van der Waals surface area contributed by atoms with E-state index in [9.17, 15) is 0 Å². The molecule has 0 saturated heterocycles. The van der Waals surface area contributed by atoms with E-state index < -0.39 is 0 Å². The molecule has 2 aromatic rings. The van der Waals surface area contributed by atoms with Crippen LogP contribution in [0.2, 0.25) is 0 Å². The van der Waals surface area contributed by atoms with E-state index in [2.05, 4.69) is 36.1 Å². The van der Waals surface area contributed by atoms with Gasteiger partial charge < -0.3 is 10.3 Å². The molecule has 19 heavy (non-hydrogen) atoms. The predicted octanol–water partition coefficient (Wildman–Crippen LogP) is 3.41. The normalized spacial score (nSPS) is 14.3. The third-order valence-corrected chi connectivity index (χ3v) is 4.15. The molecule has 1 unspecified atom stereocenters. The van der Waals surface area contributed by atoms with Gasteiger partial charge in [0.1, 0.15) is 0 Å². The van der Waals surface area contributed by atoms with E-state index in [0.717, 1.165) is 6.42 Å². The van der Waals surface area contributed by atoms with Crippen molar-refractivity contribution in [2.75, 3.05) is 0 Å². The van der Waals surface area contributed by atoms with Crippen molar-refractivity contribution in [3.05, 3.63) is 42.0 Å². The van der Waals surface area contributed by atoms with Crippen LogP contribution in [0.5, 0.6) is 0 Å². The van der Waals surface area contributed by atoms with Gasteiger partial charge in [-0.2, -0.15) is 4.98 Å². The molecule has 0 fully saturated rings. The first-order valence-corrected chi connectivity index (χ1v) is 7.45. The second kappa shape index (κ2) is 6.73. The van der Waals surface area contributed by atoms with Gasteiger partial charge in [0.2, 0.25) is 5.89 Å². The van der Waals surface area contributed by atoms with Crippen molar-refractivity contribution in [3.63, 3.8) is 0 Å². The maximum Gasteiger partial charge on any atom is 0.243 e. The molecule has 0 amide bonds. The van der Waals surface area contributed by atoms with Crippen molar-refractivity contribution in [1.82, 2.24) is 10.1 Å². The smallest absolute Gasteiger partial charge is 0.243 e. The Kier molecular flexibility index (Phi) is 4.99. The summed E-state index contributed by atoms with van der Waals surface area (Å²) in [6.45, 7) is 4.19. The fraction of sp³-hybridized carbons (Fsp3) is 0.429. The minimum Gasteiger partial charge on any atom is -0.338 e. The van der Waals surface area contributed by atoms with Crippen LogP contribution in [0.1, 0.15) is 38.0 Å². The first-order valence-electron chi connectivity index (χ1n) is 6.46. The molecule has 5 heteroatoms. The van der Waals surface area contributed by atoms with Gasteiger partial charge in [-0.25, -0.2) is 0 Å². The van der Waals surface area contributed by atoms with E-state index >= 15 is 0 Å². The molecule has 2 atom stereocenters. The van der Waals surface area contributed by atoms with Crippen LogP contribution in [0.25, 0.3) is 0 Å². The van der Waals surface area contributed by atoms with E-state index in [-0.39, 0.29) is 6.04 Å². The Bertz CT molecular complexity index is 500. The molecule has 1 heterocycles. The molecule has 2 N–H and O–H groups in total. The molecule has 0 aliphatic heterocycles. The van der Waals surface area contributed by atoms with Crippen LogP contribution in [0.15, 0.2) is 39.8 Å². The Hall–Kier alpha value is -1.33. The topological polar surface area (TPSA) is 64.9 Å². The number of thioether (sulfide) groups is 1. The summed E-state index contributed by atoms with van der Waals surface area (Å²) in [5.74, 6) is 2.27. The summed E-state index contributed by atoms with van der Waals surface area (Å²) in [5.41, 5.74) is 6.07. The first-order chi connectivity index (χ1) is 9.20. The average Bonchev–Trinajstić information content (AvgIpc) is 2.93. The molecular weight excluding hydrogens is 258 g/mol. The molecule has 0 bridgehead atoms. The summed E-state index contributed by atoms with van der Waals surface area (Å²) in [6.07, 6.45) is 0.998. The highest BCUT2D eigenvalue weighted by molar-refractivity contribution is 7.98. The van der Waals surface area contributed by atoms with Crippen LogP contribution in [-0.4, -0.2) is 10.1 Å². The van der Waals surface area contributed by atoms with Crippen molar-refractivity contribution >= 4 is 11.8 Å². The number of benzene rings is 1. The van der Waals surface area contributed by atoms with Gasteiger partial charge in [-0.05, 0) is 18.1 Å². The van der Waals surface area contributed by atoms with Crippen LogP contribution in [0.4, 0.5) is 0 Å². The Morgan fingerprint density at radius 2 is 2.05 bits per heavy atom. The second-order valence-corrected chi connectivity index (χ2v) is 5.61. The highest BCUT2D eigenvalue weighted by atomic mass is 32.2. The van der Waals surface area contributed by atoms with E-state index in [0.29, 0.717) is 23.4 Å². The van der Waals surface area contributed by atoms with Crippen molar-refractivity contribution in [1.29, 1.82) is 0 Å². The van der Waals surface area contributed by atoms with Gasteiger partial charge in [0.15, 0.2) is 5.82 Å². The maximum absolute atomic E-state index is 6.07. The molecule has 0 aliphatic carbocycles. The Morgan fingerprint density at radius 1 is 1.32 bits per heavy atom. The number of hydrogen-bond donors (Lipinski definition) is 1.